The molecule has 3 heterocycles. The van der Waals surface area contributed by atoms with E-state index in [1.807, 2.05) is 24.4 Å². The van der Waals surface area contributed by atoms with Crippen molar-refractivity contribution in [2.24, 2.45) is 5.92 Å². The average molecular weight is 272 g/mol. The predicted octanol–water partition coefficient (Wildman–Crippen LogP) is 2.16. The van der Waals surface area contributed by atoms with Gasteiger partial charge in [0.15, 0.2) is 0 Å². The van der Waals surface area contributed by atoms with Gasteiger partial charge in [-0.05, 0) is 57.1 Å². The van der Waals surface area contributed by atoms with Crippen molar-refractivity contribution in [2.45, 2.75) is 26.3 Å². The van der Waals surface area contributed by atoms with Crippen LogP contribution in [0.5, 0.6) is 0 Å². The molecular formula is C16H24N4. The number of fused-ring (bicyclic) bond motifs is 1. The summed E-state index contributed by atoms with van der Waals surface area (Å²) in [6.07, 6.45) is 6.81. The van der Waals surface area contributed by atoms with E-state index in [2.05, 4.69) is 32.7 Å². The second-order valence-corrected chi connectivity index (χ2v) is 5.71. The average Bonchev–Trinajstić information content (AvgIpc) is 2.90. The number of aromatic nitrogens is 2. The summed E-state index contributed by atoms with van der Waals surface area (Å²) in [7, 11) is 0. The lowest BCUT2D eigenvalue weighted by Crippen LogP contribution is -2.36. The van der Waals surface area contributed by atoms with Gasteiger partial charge in [0.2, 0.25) is 0 Å². The van der Waals surface area contributed by atoms with Gasteiger partial charge in [0.1, 0.15) is 5.65 Å². The number of rotatable bonds is 5. The fourth-order valence-corrected chi connectivity index (χ4v) is 2.98. The molecule has 2 aromatic heterocycles. The summed E-state index contributed by atoms with van der Waals surface area (Å²) in [6.45, 7) is 7.96. The van der Waals surface area contributed by atoms with Crippen molar-refractivity contribution in [3.8, 4) is 0 Å². The highest BCUT2D eigenvalue weighted by Gasteiger charge is 2.17. The first kappa shape index (κ1) is 13.6. The first-order valence-electron chi connectivity index (χ1n) is 7.71. The number of likely N-dealkylation sites (tertiary alicyclic amines) is 1. The number of hydrogen-bond donors (Lipinski definition) is 1. The van der Waals surface area contributed by atoms with E-state index in [4.69, 9.17) is 0 Å². The summed E-state index contributed by atoms with van der Waals surface area (Å²) in [5, 5.41) is 3.57. The standard InChI is InChI=1S/C16H24N4/c1-2-19-9-6-14(7-10-19)11-17-12-15-13-20-8-4-3-5-16(20)18-15/h3-5,8,13-14,17H,2,6-7,9-12H2,1H3. The maximum Gasteiger partial charge on any atom is 0.137 e. The Morgan fingerprint density at radius 2 is 2.15 bits per heavy atom. The minimum Gasteiger partial charge on any atom is -0.311 e. The minimum absolute atomic E-state index is 0.829. The summed E-state index contributed by atoms with van der Waals surface area (Å²) in [6, 6.07) is 6.11. The molecule has 1 N–H and O–H groups in total. The molecule has 1 aliphatic rings. The van der Waals surface area contributed by atoms with Gasteiger partial charge in [0.25, 0.3) is 0 Å². The first-order chi connectivity index (χ1) is 9.85. The Kier molecular flexibility index (Phi) is 4.33. The normalized spacial score (nSPS) is 17.9. The van der Waals surface area contributed by atoms with E-state index < -0.39 is 0 Å². The third kappa shape index (κ3) is 3.19. The molecular weight excluding hydrogens is 248 g/mol. The largest absolute Gasteiger partial charge is 0.311 e. The Bertz CT molecular complexity index is 507. The molecule has 0 amide bonds. The summed E-state index contributed by atoms with van der Waals surface area (Å²) in [4.78, 5) is 7.15. The Labute approximate surface area is 120 Å². The molecule has 0 radical (unpaired) electrons. The van der Waals surface area contributed by atoms with E-state index in [1.54, 1.807) is 0 Å². The fraction of sp³-hybridized carbons (Fsp3) is 0.562. The zero-order valence-corrected chi connectivity index (χ0v) is 12.3. The highest BCUT2D eigenvalue weighted by Crippen LogP contribution is 2.16. The van der Waals surface area contributed by atoms with Gasteiger partial charge in [-0.15, -0.1) is 0 Å². The zero-order chi connectivity index (χ0) is 13.8. The van der Waals surface area contributed by atoms with Crippen LogP contribution in [-0.4, -0.2) is 40.5 Å². The van der Waals surface area contributed by atoms with Crippen LogP contribution in [-0.2, 0) is 6.54 Å². The van der Waals surface area contributed by atoms with E-state index in [0.717, 1.165) is 30.3 Å². The first-order valence-corrected chi connectivity index (χ1v) is 7.71. The Hall–Kier alpha value is -1.39. The number of nitrogens with one attached hydrogen (secondary N) is 1. The van der Waals surface area contributed by atoms with E-state index in [0.29, 0.717) is 0 Å². The fourth-order valence-electron chi connectivity index (χ4n) is 2.98. The van der Waals surface area contributed by atoms with E-state index >= 15 is 0 Å². The molecule has 0 atom stereocenters. The highest BCUT2D eigenvalue weighted by atomic mass is 15.1. The van der Waals surface area contributed by atoms with Crippen molar-refractivity contribution >= 4 is 5.65 Å². The third-order valence-electron chi connectivity index (χ3n) is 4.31. The number of pyridine rings is 1. The predicted molar refractivity (Wildman–Crippen MR) is 81.7 cm³/mol. The van der Waals surface area contributed by atoms with E-state index in [1.165, 1.54) is 32.5 Å². The number of nitrogens with zero attached hydrogens (tertiary/aromatic N) is 3. The molecule has 20 heavy (non-hydrogen) atoms. The topological polar surface area (TPSA) is 32.6 Å². The Morgan fingerprint density at radius 3 is 2.90 bits per heavy atom. The summed E-state index contributed by atoms with van der Waals surface area (Å²) < 4.78 is 2.08. The quantitative estimate of drug-likeness (QED) is 0.905. The molecule has 0 aromatic carbocycles. The second kappa shape index (κ2) is 6.37. The van der Waals surface area contributed by atoms with Gasteiger partial charge < -0.3 is 14.6 Å². The number of piperidine rings is 1. The van der Waals surface area contributed by atoms with Gasteiger partial charge in [-0.25, -0.2) is 4.98 Å². The molecule has 2 aromatic rings. The molecule has 4 heteroatoms. The van der Waals surface area contributed by atoms with Crippen LogP contribution in [0.25, 0.3) is 5.65 Å². The van der Waals surface area contributed by atoms with Gasteiger partial charge in [-0.2, -0.15) is 0 Å². The second-order valence-electron chi connectivity index (χ2n) is 5.71. The molecule has 0 unspecified atom stereocenters. The van der Waals surface area contributed by atoms with Crippen LogP contribution in [0, 0.1) is 5.92 Å². The van der Waals surface area contributed by atoms with E-state index in [-0.39, 0.29) is 0 Å². The van der Waals surface area contributed by atoms with Gasteiger partial charge in [-0.3, -0.25) is 0 Å². The van der Waals surface area contributed by atoms with Crippen LogP contribution in [0.3, 0.4) is 0 Å². The van der Waals surface area contributed by atoms with Crippen LogP contribution in [0.1, 0.15) is 25.5 Å². The van der Waals surface area contributed by atoms with Crippen LogP contribution in [0.2, 0.25) is 0 Å². The molecule has 0 spiro atoms. The van der Waals surface area contributed by atoms with Crippen molar-refractivity contribution < 1.29 is 0 Å². The van der Waals surface area contributed by atoms with Crippen molar-refractivity contribution in [3.05, 3.63) is 36.3 Å². The SMILES string of the molecule is CCN1CCC(CNCc2cn3ccccc3n2)CC1. The smallest absolute Gasteiger partial charge is 0.137 e. The lowest BCUT2D eigenvalue weighted by molar-refractivity contribution is 0.190. The number of hydrogen-bond acceptors (Lipinski definition) is 3. The van der Waals surface area contributed by atoms with Crippen molar-refractivity contribution in [1.29, 1.82) is 0 Å². The van der Waals surface area contributed by atoms with Crippen molar-refractivity contribution in [3.63, 3.8) is 0 Å². The Balaban J connectivity index is 1.46. The summed E-state index contributed by atoms with van der Waals surface area (Å²) in [5.41, 5.74) is 2.16. The minimum atomic E-state index is 0.829. The highest BCUT2D eigenvalue weighted by molar-refractivity contribution is 5.39. The van der Waals surface area contributed by atoms with E-state index in [9.17, 15) is 0 Å². The van der Waals surface area contributed by atoms with Gasteiger partial charge in [0, 0.05) is 18.9 Å². The summed E-state index contributed by atoms with van der Waals surface area (Å²) in [5.74, 6) is 0.829. The molecule has 1 fully saturated rings. The third-order valence-corrected chi connectivity index (χ3v) is 4.31. The molecule has 108 valence electrons. The van der Waals surface area contributed by atoms with Crippen molar-refractivity contribution in [1.82, 2.24) is 19.6 Å². The van der Waals surface area contributed by atoms with Gasteiger partial charge >= 0.3 is 0 Å². The van der Waals surface area contributed by atoms with Crippen molar-refractivity contribution in [2.75, 3.05) is 26.2 Å². The summed E-state index contributed by atoms with van der Waals surface area (Å²) >= 11 is 0. The number of imidazole rings is 1. The van der Waals surface area contributed by atoms with Crippen LogP contribution >= 0.6 is 0 Å². The maximum atomic E-state index is 4.61. The monoisotopic (exact) mass is 272 g/mol. The molecule has 1 aliphatic heterocycles. The molecule has 4 nitrogen and oxygen atoms in total. The van der Waals surface area contributed by atoms with Crippen LogP contribution in [0.15, 0.2) is 30.6 Å². The molecule has 3 rings (SSSR count). The molecule has 0 aliphatic carbocycles. The molecule has 0 bridgehead atoms. The molecule has 1 saturated heterocycles. The molecule has 0 saturated carbocycles. The van der Waals surface area contributed by atoms with Crippen LogP contribution in [0.4, 0.5) is 0 Å². The lowest BCUT2D eigenvalue weighted by atomic mass is 9.97. The Morgan fingerprint density at radius 1 is 1.30 bits per heavy atom. The van der Waals surface area contributed by atoms with Crippen LogP contribution < -0.4 is 5.32 Å². The zero-order valence-electron chi connectivity index (χ0n) is 12.3. The van der Waals surface area contributed by atoms with Gasteiger partial charge in [-0.1, -0.05) is 13.0 Å². The lowest BCUT2D eigenvalue weighted by Gasteiger charge is -2.31. The van der Waals surface area contributed by atoms with Gasteiger partial charge in [0.05, 0.1) is 5.69 Å². The maximum absolute atomic E-state index is 4.61.